The van der Waals surface area contributed by atoms with Crippen molar-refractivity contribution in [3.05, 3.63) is 96.6 Å². The van der Waals surface area contributed by atoms with Crippen LogP contribution in [0.5, 0.6) is 0 Å². The number of ether oxygens (including phenoxy) is 2. The largest absolute Gasteiger partial charge is 0.465 e. The minimum atomic E-state index is -4.28. The zero-order chi connectivity index (χ0) is 39.6. The molecule has 0 atom stereocenters. The Labute approximate surface area is 318 Å². The van der Waals surface area contributed by atoms with Crippen LogP contribution in [0.4, 0.5) is 4.79 Å². The number of rotatable bonds is 12. The van der Waals surface area contributed by atoms with Crippen LogP contribution < -0.4 is 0 Å². The van der Waals surface area contributed by atoms with E-state index in [1.807, 2.05) is 50.2 Å². The first kappa shape index (κ1) is 40.2. The quantitative estimate of drug-likeness (QED) is 0.0899. The maximum absolute atomic E-state index is 13.8. The molecule has 0 N–H and O–H groups in total. The Morgan fingerprint density at radius 1 is 0.889 bits per heavy atom. The summed E-state index contributed by atoms with van der Waals surface area (Å²) in [5, 5.41) is 0.639. The molecule has 0 unspecified atom stereocenters. The van der Waals surface area contributed by atoms with E-state index < -0.39 is 47.5 Å². The van der Waals surface area contributed by atoms with Crippen LogP contribution in [0.1, 0.15) is 53.0 Å². The molecule has 0 bridgehead atoms. The number of fused-ring (bicyclic) bond motifs is 1. The van der Waals surface area contributed by atoms with E-state index in [1.165, 1.54) is 22.9 Å². The second-order valence-electron chi connectivity index (χ2n) is 16.0. The lowest BCUT2D eigenvalue weighted by Gasteiger charge is -2.28. The minimum absolute atomic E-state index is 0.0204. The van der Waals surface area contributed by atoms with Crippen molar-refractivity contribution in [2.45, 2.75) is 84.1 Å². The zero-order valence-corrected chi connectivity index (χ0v) is 34.2. The monoisotopic (exact) mass is 771 g/mol. The molecule has 0 fully saturated rings. The van der Waals surface area contributed by atoms with E-state index in [0.29, 0.717) is 23.1 Å². The highest BCUT2D eigenvalue weighted by Gasteiger charge is 2.37. The lowest BCUT2D eigenvalue weighted by Crippen LogP contribution is -2.43. The van der Waals surface area contributed by atoms with Crippen molar-refractivity contribution in [2.75, 3.05) is 13.2 Å². The van der Waals surface area contributed by atoms with Gasteiger partial charge in [-0.15, -0.1) is 0 Å². The maximum atomic E-state index is 13.8. The van der Waals surface area contributed by atoms with Gasteiger partial charge in [-0.25, -0.2) is 22.5 Å². The fraction of sp³-hybridized carbons (Fsp3) is 0.366. The molecule has 0 saturated heterocycles. The van der Waals surface area contributed by atoms with Crippen LogP contribution in [0.25, 0.3) is 33.4 Å². The molecular weight excluding hydrogens is 723 g/mol. The van der Waals surface area contributed by atoms with Crippen molar-refractivity contribution in [1.29, 1.82) is 0 Å². The fourth-order valence-electron chi connectivity index (χ4n) is 5.87. The summed E-state index contributed by atoms with van der Waals surface area (Å²) < 4.78 is 47.1. The Morgan fingerprint density at radius 2 is 1.57 bits per heavy atom. The van der Waals surface area contributed by atoms with Gasteiger partial charge in [0.1, 0.15) is 6.54 Å². The number of amides is 1. The molecule has 5 rings (SSSR count). The third-order valence-electron chi connectivity index (χ3n) is 9.08. The van der Waals surface area contributed by atoms with Gasteiger partial charge in [-0.05, 0) is 61.7 Å². The molecule has 1 amide bonds. The van der Waals surface area contributed by atoms with E-state index in [9.17, 15) is 22.8 Å². The van der Waals surface area contributed by atoms with Gasteiger partial charge in [0.2, 0.25) is 11.8 Å². The predicted octanol–water partition coefficient (Wildman–Crippen LogP) is 8.89. The summed E-state index contributed by atoms with van der Waals surface area (Å²) in [5.41, 5.74) is 1.32. The second-order valence-corrected chi connectivity index (χ2v) is 23.4. The van der Waals surface area contributed by atoms with Crippen LogP contribution in [0.3, 0.4) is 0 Å². The zero-order valence-electron chi connectivity index (χ0n) is 32.4. The van der Waals surface area contributed by atoms with Crippen molar-refractivity contribution in [2.24, 2.45) is 5.41 Å². The average molecular weight is 772 g/mol. The summed E-state index contributed by atoms with van der Waals surface area (Å²) in [6.07, 6.45) is 2.44. The lowest BCUT2D eigenvalue weighted by molar-refractivity contribution is -0.148. The predicted molar refractivity (Wildman–Crippen MR) is 211 cm³/mol. The number of hydrogen-bond acceptors (Lipinski definition) is 9. The molecule has 0 aliphatic rings. The van der Waals surface area contributed by atoms with Gasteiger partial charge in [0.05, 0.1) is 35.2 Å². The van der Waals surface area contributed by atoms with Gasteiger partial charge in [0.25, 0.3) is 10.0 Å². The highest BCUT2D eigenvalue weighted by atomic mass is 32.2. The molecule has 11 nitrogen and oxygen atoms in total. The Kier molecular flexibility index (Phi) is 11.4. The molecule has 13 heteroatoms. The molecule has 3 aromatic carbocycles. The van der Waals surface area contributed by atoms with Gasteiger partial charge in [-0.2, -0.15) is 0 Å². The normalized spacial score (nSPS) is 12.5. The molecule has 0 aliphatic heterocycles. The number of benzene rings is 3. The number of esters is 1. The molecule has 0 saturated carbocycles. The summed E-state index contributed by atoms with van der Waals surface area (Å²) in [6.45, 7) is 17.1. The molecule has 2 heterocycles. The van der Waals surface area contributed by atoms with Crippen LogP contribution in [0.2, 0.25) is 25.7 Å². The van der Waals surface area contributed by atoms with Crippen molar-refractivity contribution < 1.29 is 36.7 Å². The SMILES string of the molecule is CCOC(=O)n1cc(-c2cnc(CN(C(=O)C(C)(C)C)S(=O)(=O)c3ccccc3)o2)c2c(-c3cccc(C(C)(C)C(=O)OCC[Si](C)(C)C)c3)cccc21. The first-order chi connectivity index (χ1) is 25.3. The van der Waals surface area contributed by atoms with Crippen LogP contribution in [0, 0.1) is 5.41 Å². The van der Waals surface area contributed by atoms with Gasteiger partial charge < -0.3 is 13.9 Å². The van der Waals surface area contributed by atoms with E-state index in [0.717, 1.165) is 27.0 Å². The number of sulfonamides is 1. The van der Waals surface area contributed by atoms with E-state index in [-0.39, 0.29) is 29.1 Å². The molecule has 0 aliphatic carbocycles. The van der Waals surface area contributed by atoms with Crippen LogP contribution >= 0.6 is 0 Å². The number of oxazole rings is 1. The summed E-state index contributed by atoms with van der Waals surface area (Å²) in [7, 11) is -5.67. The van der Waals surface area contributed by atoms with Gasteiger partial charge in [0.15, 0.2) is 5.76 Å². The summed E-state index contributed by atoms with van der Waals surface area (Å²) in [5.74, 6) is -0.719. The standard InChI is InChI=1S/C41H49N3O8SSi/c1-10-50-39(47)43-26-32(34-25-42-35(52-34)27-44(37(45)40(2,3)4)53(48,49)30-18-12-11-13-19-30)36-31(20-15-21-33(36)43)28-16-14-17-29(24-28)41(5,6)38(46)51-22-23-54(7,8)9/h11-21,24-26H,10,22-23,27H2,1-9H3. The van der Waals surface area contributed by atoms with Gasteiger partial charge in [-0.3, -0.25) is 14.2 Å². The van der Waals surface area contributed by atoms with Crippen molar-refractivity contribution in [1.82, 2.24) is 13.9 Å². The van der Waals surface area contributed by atoms with Crippen molar-refractivity contribution >= 4 is 47.0 Å². The fourth-order valence-corrected chi connectivity index (χ4v) is 8.12. The Morgan fingerprint density at radius 3 is 2.22 bits per heavy atom. The van der Waals surface area contributed by atoms with E-state index in [2.05, 4.69) is 24.6 Å². The van der Waals surface area contributed by atoms with E-state index >= 15 is 0 Å². The average Bonchev–Trinajstić information content (AvgIpc) is 3.75. The Hall–Kier alpha value is -5.01. The van der Waals surface area contributed by atoms with Crippen LogP contribution in [0.15, 0.2) is 94.5 Å². The topological polar surface area (TPSA) is 138 Å². The molecule has 5 aromatic rings. The van der Waals surface area contributed by atoms with Crippen LogP contribution in [-0.2, 0) is 41.0 Å². The summed E-state index contributed by atoms with van der Waals surface area (Å²) in [4.78, 5) is 44.6. The molecule has 286 valence electrons. The number of carbonyl (C=O) groups is 3. The number of aromatic nitrogens is 2. The minimum Gasteiger partial charge on any atom is -0.465 e. The highest BCUT2D eigenvalue weighted by molar-refractivity contribution is 7.89. The third-order valence-corrected chi connectivity index (χ3v) is 12.5. The number of nitrogens with zero attached hydrogens (tertiary/aromatic N) is 3. The van der Waals surface area contributed by atoms with Crippen molar-refractivity contribution in [3.63, 3.8) is 0 Å². The lowest BCUT2D eigenvalue weighted by atomic mass is 9.83. The smallest absolute Gasteiger partial charge is 0.418 e. The van der Waals surface area contributed by atoms with Gasteiger partial charge >= 0.3 is 12.1 Å². The summed E-state index contributed by atoms with van der Waals surface area (Å²) in [6, 6.07) is 21.8. The molecule has 0 spiro atoms. The molecule has 54 heavy (non-hydrogen) atoms. The number of carbonyl (C=O) groups excluding carboxylic acids is 3. The second kappa shape index (κ2) is 15.4. The van der Waals surface area contributed by atoms with Crippen molar-refractivity contribution in [3.8, 4) is 22.5 Å². The highest BCUT2D eigenvalue weighted by Crippen LogP contribution is 2.40. The van der Waals surface area contributed by atoms with Gasteiger partial charge in [0, 0.05) is 30.6 Å². The third kappa shape index (κ3) is 8.52. The molecule has 0 radical (unpaired) electrons. The Bertz CT molecular complexity index is 2280. The van der Waals surface area contributed by atoms with Crippen LogP contribution in [-0.4, -0.2) is 61.5 Å². The maximum Gasteiger partial charge on any atom is 0.418 e. The summed E-state index contributed by atoms with van der Waals surface area (Å²) >= 11 is 0. The Balaban J connectivity index is 1.59. The first-order valence-corrected chi connectivity index (χ1v) is 23.1. The molecular formula is C41H49N3O8SSi. The van der Waals surface area contributed by atoms with E-state index in [4.69, 9.17) is 13.9 Å². The number of hydrogen-bond donors (Lipinski definition) is 0. The van der Waals surface area contributed by atoms with Gasteiger partial charge in [-0.1, -0.05) is 95.0 Å². The first-order valence-electron chi connectivity index (χ1n) is 17.9. The van der Waals surface area contributed by atoms with E-state index in [1.54, 1.807) is 58.2 Å². The molecule has 2 aromatic heterocycles.